The molecule has 2 fully saturated rings. The number of benzene rings is 1. The molecule has 2 aliphatic heterocycles. The monoisotopic (exact) mass is 249 g/mol. The van der Waals surface area contributed by atoms with E-state index in [4.69, 9.17) is 0 Å². The van der Waals surface area contributed by atoms with Crippen LogP contribution in [0, 0.1) is 5.82 Å². The van der Waals surface area contributed by atoms with E-state index in [2.05, 4.69) is 22.2 Å². The smallest absolute Gasteiger partial charge is 0.128 e. The van der Waals surface area contributed by atoms with Crippen LogP contribution in [0.1, 0.15) is 11.6 Å². The van der Waals surface area contributed by atoms with Gasteiger partial charge < -0.3 is 5.32 Å². The first-order valence-electron chi connectivity index (χ1n) is 6.65. The molecule has 0 bridgehead atoms. The van der Waals surface area contributed by atoms with Crippen molar-refractivity contribution >= 4 is 0 Å². The normalized spacial score (nSPS) is 30.1. The Kier molecular flexibility index (Phi) is 3.33. The fraction of sp³-hybridized carbons (Fsp3) is 0.571. The van der Waals surface area contributed by atoms with Crippen molar-refractivity contribution in [3.05, 3.63) is 35.6 Å². The summed E-state index contributed by atoms with van der Waals surface area (Å²) in [6.07, 6.45) is 0. The van der Waals surface area contributed by atoms with Gasteiger partial charge in [0.2, 0.25) is 0 Å². The zero-order chi connectivity index (χ0) is 12.5. The Labute approximate surface area is 108 Å². The van der Waals surface area contributed by atoms with Gasteiger partial charge in [0.1, 0.15) is 5.82 Å². The van der Waals surface area contributed by atoms with Gasteiger partial charge in [-0.05, 0) is 13.1 Å². The second kappa shape index (κ2) is 4.96. The highest BCUT2D eigenvalue weighted by atomic mass is 19.1. The number of nitrogens with zero attached hydrogens (tertiary/aromatic N) is 2. The second-order valence-electron chi connectivity index (χ2n) is 5.33. The average molecular weight is 249 g/mol. The molecular formula is C14H20FN3. The molecule has 18 heavy (non-hydrogen) atoms. The van der Waals surface area contributed by atoms with Crippen LogP contribution in [0.15, 0.2) is 24.3 Å². The lowest BCUT2D eigenvalue weighted by Crippen LogP contribution is -2.61. The van der Waals surface area contributed by atoms with Crippen LogP contribution in [0.4, 0.5) is 4.39 Å². The van der Waals surface area contributed by atoms with Crippen molar-refractivity contribution in [1.29, 1.82) is 0 Å². The molecule has 2 saturated heterocycles. The minimum Gasteiger partial charge on any atom is -0.314 e. The molecule has 98 valence electrons. The Morgan fingerprint density at radius 3 is 2.94 bits per heavy atom. The highest BCUT2D eigenvalue weighted by Crippen LogP contribution is 2.28. The average Bonchev–Trinajstić information content (AvgIpc) is 2.39. The molecule has 0 radical (unpaired) electrons. The van der Waals surface area contributed by atoms with Crippen LogP contribution in [0.5, 0.6) is 0 Å². The van der Waals surface area contributed by atoms with Crippen LogP contribution in [-0.4, -0.2) is 55.6 Å². The summed E-state index contributed by atoms with van der Waals surface area (Å²) in [5.41, 5.74) is 0.831. The molecular weight excluding hydrogens is 229 g/mol. The molecule has 2 atom stereocenters. The molecule has 1 N–H and O–H groups in total. The third-order valence-corrected chi connectivity index (χ3v) is 4.17. The molecule has 0 amide bonds. The zero-order valence-corrected chi connectivity index (χ0v) is 10.8. The van der Waals surface area contributed by atoms with Gasteiger partial charge in [0.25, 0.3) is 0 Å². The number of nitrogens with one attached hydrogen (secondary N) is 1. The lowest BCUT2D eigenvalue weighted by atomic mass is 9.98. The molecule has 2 unspecified atom stereocenters. The summed E-state index contributed by atoms with van der Waals surface area (Å²) in [4.78, 5) is 4.78. The van der Waals surface area contributed by atoms with Crippen molar-refractivity contribution in [3.8, 4) is 0 Å². The predicted octanol–water partition coefficient (Wildman–Crippen LogP) is 1.09. The Bertz CT molecular complexity index is 423. The minimum atomic E-state index is -0.0806. The largest absolute Gasteiger partial charge is 0.314 e. The first kappa shape index (κ1) is 12.1. The van der Waals surface area contributed by atoms with Crippen molar-refractivity contribution in [2.45, 2.75) is 12.1 Å². The summed E-state index contributed by atoms with van der Waals surface area (Å²) in [6.45, 7) is 5.11. The molecule has 3 nitrogen and oxygen atoms in total. The van der Waals surface area contributed by atoms with Gasteiger partial charge in [-0.3, -0.25) is 9.80 Å². The maximum Gasteiger partial charge on any atom is 0.128 e. The number of halogens is 1. The van der Waals surface area contributed by atoms with E-state index in [1.165, 1.54) is 0 Å². The van der Waals surface area contributed by atoms with E-state index in [1.54, 1.807) is 12.1 Å². The molecule has 2 aliphatic rings. The molecule has 1 aromatic rings. The van der Waals surface area contributed by atoms with Gasteiger partial charge in [-0.25, -0.2) is 4.39 Å². The third kappa shape index (κ3) is 2.16. The van der Waals surface area contributed by atoms with Gasteiger partial charge in [-0.2, -0.15) is 0 Å². The number of piperazine rings is 2. The maximum atomic E-state index is 13.9. The van der Waals surface area contributed by atoms with Gasteiger partial charge in [0.05, 0.1) is 6.04 Å². The first-order valence-corrected chi connectivity index (χ1v) is 6.65. The van der Waals surface area contributed by atoms with E-state index in [1.807, 2.05) is 12.1 Å². The molecule has 0 aliphatic carbocycles. The Morgan fingerprint density at radius 2 is 2.11 bits per heavy atom. The minimum absolute atomic E-state index is 0.0806. The topological polar surface area (TPSA) is 18.5 Å². The highest BCUT2D eigenvalue weighted by molar-refractivity contribution is 5.22. The predicted molar refractivity (Wildman–Crippen MR) is 70.0 cm³/mol. The number of likely N-dealkylation sites (N-methyl/N-ethyl adjacent to an activating group) is 1. The van der Waals surface area contributed by atoms with Crippen LogP contribution in [0.2, 0.25) is 0 Å². The Balaban J connectivity index is 1.82. The SMILES string of the molecule is CN1CC2CNCCN2CC1c1ccccc1F. The molecule has 2 heterocycles. The fourth-order valence-electron chi connectivity index (χ4n) is 3.13. The van der Waals surface area contributed by atoms with Crippen LogP contribution in [0.25, 0.3) is 0 Å². The number of fused-ring (bicyclic) bond motifs is 1. The van der Waals surface area contributed by atoms with E-state index in [0.29, 0.717) is 6.04 Å². The fourth-order valence-corrected chi connectivity index (χ4v) is 3.13. The van der Waals surface area contributed by atoms with Crippen molar-refractivity contribution < 1.29 is 4.39 Å². The molecule has 0 saturated carbocycles. The van der Waals surface area contributed by atoms with E-state index in [0.717, 1.165) is 38.3 Å². The Morgan fingerprint density at radius 1 is 1.28 bits per heavy atom. The summed E-state index contributed by atoms with van der Waals surface area (Å²) in [5.74, 6) is -0.0806. The molecule has 3 rings (SSSR count). The standard InChI is InChI=1S/C14H20FN3/c1-17-9-11-8-16-6-7-18(11)10-14(17)12-4-2-3-5-13(12)15/h2-5,11,14,16H,6-10H2,1H3. The van der Waals surface area contributed by atoms with Gasteiger partial charge in [0, 0.05) is 44.3 Å². The number of rotatable bonds is 1. The van der Waals surface area contributed by atoms with Crippen LogP contribution in [0.3, 0.4) is 0 Å². The van der Waals surface area contributed by atoms with Gasteiger partial charge in [0.15, 0.2) is 0 Å². The van der Waals surface area contributed by atoms with Crippen LogP contribution >= 0.6 is 0 Å². The first-order chi connectivity index (χ1) is 8.75. The van der Waals surface area contributed by atoms with Gasteiger partial charge in [-0.1, -0.05) is 18.2 Å². The zero-order valence-electron chi connectivity index (χ0n) is 10.8. The lowest BCUT2D eigenvalue weighted by Gasteiger charge is -2.47. The summed E-state index contributed by atoms with van der Waals surface area (Å²) >= 11 is 0. The lowest BCUT2D eigenvalue weighted by molar-refractivity contribution is 0.0287. The van der Waals surface area contributed by atoms with Crippen molar-refractivity contribution in [2.75, 3.05) is 39.8 Å². The Hall–Kier alpha value is -0.970. The molecule has 4 heteroatoms. The van der Waals surface area contributed by atoms with Crippen molar-refractivity contribution in [3.63, 3.8) is 0 Å². The van der Waals surface area contributed by atoms with Crippen molar-refractivity contribution in [2.24, 2.45) is 0 Å². The summed E-state index contributed by atoms with van der Waals surface area (Å²) < 4.78 is 13.9. The molecule has 0 aromatic heterocycles. The van der Waals surface area contributed by atoms with E-state index in [-0.39, 0.29) is 11.9 Å². The second-order valence-corrected chi connectivity index (χ2v) is 5.33. The molecule has 0 spiro atoms. The highest BCUT2D eigenvalue weighted by Gasteiger charge is 2.34. The molecule has 1 aromatic carbocycles. The number of hydrogen-bond acceptors (Lipinski definition) is 3. The third-order valence-electron chi connectivity index (χ3n) is 4.17. The number of hydrogen-bond donors (Lipinski definition) is 1. The maximum absolute atomic E-state index is 13.9. The van der Waals surface area contributed by atoms with E-state index < -0.39 is 0 Å². The quantitative estimate of drug-likeness (QED) is 0.803. The summed E-state index contributed by atoms with van der Waals surface area (Å²) in [6, 6.07) is 7.92. The van der Waals surface area contributed by atoms with E-state index in [9.17, 15) is 4.39 Å². The van der Waals surface area contributed by atoms with E-state index >= 15 is 0 Å². The van der Waals surface area contributed by atoms with Gasteiger partial charge in [-0.15, -0.1) is 0 Å². The van der Waals surface area contributed by atoms with Crippen LogP contribution < -0.4 is 5.32 Å². The van der Waals surface area contributed by atoms with Gasteiger partial charge >= 0.3 is 0 Å². The van der Waals surface area contributed by atoms with Crippen molar-refractivity contribution in [1.82, 2.24) is 15.1 Å². The summed E-state index contributed by atoms with van der Waals surface area (Å²) in [7, 11) is 2.10. The summed E-state index contributed by atoms with van der Waals surface area (Å²) in [5, 5.41) is 3.43. The van der Waals surface area contributed by atoms with Crippen LogP contribution in [-0.2, 0) is 0 Å².